The maximum atomic E-state index is 12.7. The molecule has 1 aliphatic carbocycles. The van der Waals surface area contributed by atoms with Gasteiger partial charge in [0.25, 0.3) is 0 Å². The molecule has 6 nitrogen and oxygen atoms in total. The fourth-order valence-electron chi connectivity index (χ4n) is 4.15. The van der Waals surface area contributed by atoms with E-state index in [1.165, 1.54) is 29.7 Å². The van der Waals surface area contributed by atoms with E-state index in [9.17, 15) is 4.79 Å². The number of nitrogens with one attached hydrogen (secondary N) is 1. The normalized spacial score (nSPS) is 17.1. The minimum atomic E-state index is 0.246. The Morgan fingerprint density at radius 2 is 1.86 bits per heavy atom. The molecule has 0 bridgehead atoms. The summed E-state index contributed by atoms with van der Waals surface area (Å²) in [6.45, 7) is 5.20. The first-order chi connectivity index (χ1) is 14.2. The zero-order chi connectivity index (χ0) is 19.8. The Labute approximate surface area is 171 Å². The van der Waals surface area contributed by atoms with Gasteiger partial charge in [0.05, 0.1) is 5.39 Å². The smallest absolute Gasteiger partial charge is 0.223 e. The summed E-state index contributed by atoms with van der Waals surface area (Å²) in [5.41, 5.74) is 4.69. The van der Waals surface area contributed by atoms with Crippen LogP contribution in [-0.4, -0.2) is 51.9 Å². The molecule has 2 aromatic heterocycles. The van der Waals surface area contributed by atoms with Crippen molar-refractivity contribution in [1.82, 2.24) is 19.9 Å². The summed E-state index contributed by atoms with van der Waals surface area (Å²) in [5.74, 6) is 1.90. The monoisotopic (exact) mass is 389 g/mol. The van der Waals surface area contributed by atoms with E-state index in [0.717, 1.165) is 49.5 Å². The lowest BCUT2D eigenvalue weighted by atomic mass is 10.1. The predicted octanol–water partition coefficient (Wildman–Crippen LogP) is 3.43. The molecular formula is C23H27N5O. The number of hydrogen-bond acceptors (Lipinski definition) is 4. The molecule has 0 radical (unpaired) electrons. The molecule has 5 rings (SSSR count). The van der Waals surface area contributed by atoms with Crippen LogP contribution in [0, 0.1) is 6.92 Å². The van der Waals surface area contributed by atoms with E-state index in [4.69, 9.17) is 0 Å². The van der Waals surface area contributed by atoms with E-state index in [1.807, 2.05) is 4.90 Å². The second-order valence-electron chi connectivity index (χ2n) is 8.31. The summed E-state index contributed by atoms with van der Waals surface area (Å²) >= 11 is 0. The van der Waals surface area contributed by atoms with Crippen molar-refractivity contribution >= 4 is 22.8 Å². The van der Waals surface area contributed by atoms with Gasteiger partial charge in [0, 0.05) is 38.3 Å². The molecule has 29 heavy (non-hydrogen) atoms. The van der Waals surface area contributed by atoms with Crippen molar-refractivity contribution in [2.24, 2.45) is 0 Å². The zero-order valence-electron chi connectivity index (χ0n) is 16.9. The highest BCUT2D eigenvalue weighted by atomic mass is 16.2. The van der Waals surface area contributed by atoms with Crippen molar-refractivity contribution in [3.8, 4) is 0 Å². The topological polar surface area (TPSA) is 65.1 Å². The van der Waals surface area contributed by atoms with Gasteiger partial charge in [-0.15, -0.1) is 0 Å². The van der Waals surface area contributed by atoms with Crippen molar-refractivity contribution in [2.45, 2.75) is 38.5 Å². The number of aryl methyl sites for hydroxylation is 2. The Hall–Kier alpha value is -2.89. The van der Waals surface area contributed by atoms with E-state index in [2.05, 4.69) is 57.1 Å². The quantitative estimate of drug-likeness (QED) is 0.726. The molecule has 1 saturated heterocycles. The van der Waals surface area contributed by atoms with Gasteiger partial charge in [-0.1, -0.05) is 29.8 Å². The van der Waals surface area contributed by atoms with Crippen molar-refractivity contribution in [1.29, 1.82) is 0 Å². The number of aromatic nitrogens is 3. The van der Waals surface area contributed by atoms with E-state index >= 15 is 0 Å². The highest BCUT2D eigenvalue weighted by molar-refractivity contribution is 5.88. The standard InChI is InChI=1S/C23H27N5O/c1-16-2-4-17(5-3-16)6-9-21(29)27-10-12-28(13-11-27)23-19-14-20(18-7-8-18)26-22(19)24-15-25-23/h2-5,14-15,18H,6-13H2,1H3,(H,24,25,26). The number of nitrogens with zero attached hydrogens (tertiary/aromatic N) is 4. The van der Waals surface area contributed by atoms with Gasteiger partial charge in [-0.2, -0.15) is 0 Å². The molecule has 3 aromatic rings. The van der Waals surface area contributed by atoms with Gasteiger partial charge in [0.2, 0.25) is 5.91 Å². The third kappa shape index (κ3) is 3.84. The summed E-state index contributed by atoms with van der Waals surface area (Å²) in [6.07, 6.45) is 5.55. The number of benzene rings is 1. The van der Waals surface area contributed by atoms with E-state index in [1.54, 1.807) is 6.33 Å². The van der Waals surface area contributed by atoms with Crippen LogP contribution in [0.25, 0.3) is 11.0 Å². The first kappa shape index (κ1) is 18.2. The molecule has 1 aromatic carbocycles. The van der Waals surface area contributed by atoms with Gasteiger partial charge in [0.1, 0.15) is 17.8 Å². The molecule has 3 heterocycles. The maximum Gasteiger partial charge on any atom is 0.223 e. The van der Waals surface area contributed by atoms with E-state index < -0.39 is 0 Å². The number of amides is 1. The Morgan fingerprint density at radius 1 is 1.10 bits per heavy atom. The summed E-state index contributed by atoms with van der Waals surface area (Å²) < 4.78 is 0. The lowest BCUT2D eigenvalue weighted by Gasteiger charge is -2.35. The third-order valence-corrected chi connectivity index (χ3v) is 6.12. The van der Waals surface area contributed by atoms with Gasteiger partial charge in [-0.25, -0.2) is 9.97 Å². The number of hydrogen-bond donors (Lipinski definition) is 1. The van der Waals surface area contributed by atoms with E-state index in [0.29, 0.717) is 12.3 Å². The Kier molecular flexibility index (Phi) is 4.70. The number of carbonyl (C=O) groups is 1. The first-order valence-electron chi connectivity index (χ1n) is 10.6. The average molecular weight is 390 g/mol. The summed E-state index contributed by atoms with van der Waals surface area (Å²) in [6, 6.07) is 10.7. The number of fused-ring (bicyclic) bond motifs is 1. The zero-order valence-corrected chi connectivity index (χ0v) is 16.9. The molecule has 0 atom stereocenters. The summed E-state index contributed by atoms with van der Waals surface area (Å²) in [5, 5.41) is 1.11. The largest absolute Gasteiger partial charge is 0.352 e. The number of anilines is 1. The van der Waals surface area contributed by atoms with Crippen LogP contribution in [0.1, 0.15) is 42.0 Å². The van der Waals surface area contributed by atoms with Crippen LogP contribution in [0.15, 0.2) is 36.7 Å². The second kappa shape index (κ2) is 7.50. The molecule has 0 unspecified atom stereocenters. The predicted molar refractivity (Wildman–Crippen MR) is 114 cm³/mol. The van der Waals surface area contributed by atoms with Crippen LogP contribution in [-0.2, 0) is 11.2 Å². The number of carbonyl (C=O) groups excluding carboxylic acids is 1. The molecule has 2 aliphatic rings. The van der Waals surface area contributed by atoms with Crippen molar-refractivity contribution < 1.29 is 4.79 Å². The Balaban J connectivity index is 1.20. The molecule has 1 amide bonds. The maximum absolute atomic E-state index is 12.7. The SMILES string of the molecule is Cc1ccc(CCC(=O)N2CCN(c3ncnc4[nH]c(C5CC5)cc34)CC2)cc1. The fraction of sp³-hybridized carbons (Fsp3) is 0.435. The minimum Gasteiger partial charge on any atom is -0.352 e. The van der Waals surface area contributed by atoms with Crippen LogP contribution >= 0.6 is 0 Å². The van der Waals surface area contributed by atoms with Crippen LogP contribution < -0.4 is 4.90 Å². The van der Waals surface area contributed by atoms with Crippen LogP contribution in [0.2, 0.25) is 0 Å². The number of aromatic amines is 1. The van der Waals surface area contributed by atoms with Gasteiger partial charge >= 0.3 is 0 Å². The summed E-state index contributed by atoms with van der Waals surface area (Å²) in [7, 11) is 0. The van der Waals surface area contributed by atoms with Crippen molar-refractivity contribution in [2.75, 3.05) is 31.1 Å². The number of H-pyrrole nitrogens is 1. The van der Waals surface area contributed by atoms with Crippen LogP contribution in [0.4, 0.5) is 5.82 Å². The van der Waals surface area contributed by atoms with Gasteiger partial charge < -0.3 is 14.8 Å². The second-order valence-corrected chi connectivity index (χ2v) is 8.31. The average Bonchev–Trinajstić information content (AvgIpc) is 3.51. The van der Waals surface area contributed by atoms with Gasteiger partial charge in [0.15, 0.2) is 0 Å². The van der Waals surface area contributed by atoms with Crippen molar-refractivity contribution in [3.05, 3.63) is 53.5 Å². The Bertz CT molecular complexity index is 1010. The molecule has 1 aliphatic heterocycles. The van der Waals surface area contributed by atoms with Gasteiger partial charge in [-0.3, -0.25) is 4.79 Å². The van der Waals surface area contributed by atoms with Crippen molar-refractivity contribution in [3.63, 3.8) is 0 Å². The number of rotatable bonds is 5. The lowest BCUT2D eigenvalue weighted by Crippen LogP contribution is -2.49. The van der Waals surface area contributed by atoms with Crippen LogP contribution in [0.3, 0.4) is 0 Å². The highest BCUT2D eigenvalue weighted by Gasteiger charge is 2.27. The number of piperazine rings is 1. The summed E-state index contributed by atoms with van der Waals surface area (Å²) in [4.78, 5) is 29.4. The lowest BCUT2D eigenvalue weighted by molar-refractivity contribution is -0.131. The first-order valence-corrected chi connectivity index (χ1v) is 10.6. The highest BCUT2D eigenvalue weighted by Crippen LogP contribution is 2.41. The van der Waals surface area contributed by atoms with E-state index in [-0.39, 0.29) is 5.91 Å². The molecule has 0 spiro atoms. The third-order valence-electron chi connectivity index (χ3n) is 6.12. The van der Waals surface area contributed by atoms with Crippen LogP contribution in [0.5, 0.6) is 0 Å². The molecule has 1 saturated carbocycles. The fourth-order valence-corrected chi connectivity index (χ4v) is 4.15. The molecule has 1 N–H and O–H groups in total. The Morgan fingerprint density at radius 3 is 2.59 bits per heavy atom. The molecular weight excluding hydrogens is 362 g/mol. The molecule has 150 valence electrons. The van der Waals surface area contributed by atoms with Gasteiger partial charge in [-0.05, 0) is 43.7 Å². The molecule has 2 fully saturated rings. The molecule has 6 heteroatoms. The minimum absolute atomic E-state index is 0.246.